The predicted octanol–water partition coefficient (Wildman–Crippen LogP) is 5.69. The Labute approximate surface area is 177 Å². The Bertz CT molecular complexity index is 753. The van der Waals surface area contributed by atoms with Crippen molar-refractivity contribution >= 4 is 34.3 Å². The van der Waals surface area contributed by atoms with Crippen LogP contribution in [-0.4, -0.2) is 27.8 Å². The third-order valence-electron chi connectivity index (χ3n) is 4.95. The van der Waals surface area contributed by atoms with E-state index < -0.39 is 12.1 Å². The summed E-state index contributed by atoms with van der Waals surface area (Å²) in [5.41, 5.74) is 1.64. The van der Waals surface area contributed by atoms with Crippen molar-refractivity contribution in [3.8, 4) is 6.07 Å². The molecule has 0 fully saturated rings. The highest BCUT2D eigenvalue weighted by Gasteiger charge is 2.33. The predicted molar refractivity (Wildman–Crippen MR) is 117 cm³/mol. The van der Waals surface area contributed by atoms with Gasteiger partial charge in [0, 0.05) is 11.2 Å². The van der Waals surface area contributed by atoms with E-state index in [1.807, 2.05) is 13.0 Å². The Kier molecular flexibility index (Phi) is 8.53. The van der Waals surface area contributed by atoms with Gasteiger partial charge in [0.15, 0.2) is 6.10 Å². The average Bonchev–Trinajstić information content (AvgIpc) is 2.68. The topological polar surface area (TPSA) is 59.3 Å². The monoisotopic (exact) mass is 417 g/mol. The van der Waals surface area contributed by atoms with Gasteiger partial charge in [-0.25, -0.2) is 4.79 Å². The molecule has 1 aromatic carbocycles. The van der Waals surface area contributed by atoms with Gasteiger partial charge in [-0.2, -0.15) is 5.26 Å². The Morgan fingerprint density at radius 2 is 2.11 bits per heavy atom. The van der Waals surface area contributed by atoms with Crippen LogP contribution in [0.5, 0.6) is 0 Å². The molecule has 150 valence electrons. The number of hydrogen-bond donors (Lipinski definition) is 0. The summed E-state index contributed by atoms with van der Waals surface area (Å²) in [5.74, 6) is 0.0236. The molecule has 0 spiro atoms. The second-order valence-electron chi connectivity index (χ2n) is 7.32. The maximum atomic E-state index is 12.2. The lowest BCUT2D eigenvalue weighted by molar-refractivity contribution is 0.0405. The summed E-state index contributed by atoms with van der Waals surface area (Å²) >= 11 is 6.90. The van der Waals surface area contributed by atoms with E-state index in [0.29, 0.717) is 28.9 Å². The molecule has 2 atom stereocenters. The number of thioether (sulfide) groups is 1. The highest BCUT2D eigenvalue weighted by atomic mass is 32.2. The fraction of sp³-hybridized carbons (Fsp3) is 0.500. The molecule has 1 aliphatic carbocycles. The van der Waals surface area contributed by atoms with Gasteiger partial charge in [0.05, 0.1) is 12.2 Å². The Morgan fingerprint density at radius 1 is 1.39 bits per heavy atom. The molecular formula is C22H27NO3S2. The number of carbonyl (C=O) groups is 1. The fourth-order valence-electron chi connectivity index (χ4n) is 3.27. The van der Waals surface area contributed by atoms with Crippen LogP contribution in [-0.2, 0) is 9.47 Å². The van der Waals surface area contributed by atoms with Crippen molar-refractivity contribution in [3.63, 3.8) is 0 Å². The van der Waals surface area contributed by atoms with Gasteiger partial charge in [0.25, 0.3) is 0 Å². The van der Waals surface area contributed by atoms with Crippen LogP contribution in [0.1, 0.15) is 56.8 Å². The third kappa shape index (κ3) is 6.65. The molecule has 0 N–H and O–H groups in total. The van der Waals surface area contributed by atoms with E-state index in [2.05, 4.69) is 26.0 Å². The van der Waals surface area contributed by atoms with Crippen LogP contribution in [0.4, 0.5) is 0 Å². The maximum Gasteiger partial charge on any atom is 0.339 e. The molecule has 2 unspecified atom stereocenters. The van der Waals surface area contributed by atoms with Crippen LogP contribution >= 0.6 is 24.0 Å². The van der Waals surface area contributed by atoms with Gasteiger partial charge in [0.1, 0.15) is 6.07 Å². The molecule has 4 nitrogen and oxygen atoms in total. The molecular weight excluding hydrogens is 390 g/mol. The quantitative estimate of drug-likeness (QED) is 0.323. The van der Waals surface area contributed by atoms with Gasteiger partial charge < -0.3 is 9.47 Å². The summed E-state index contributed by atoms with van der Waals surface area (Å²) < 4.78 is 11.4. The van der Waals surface area contributed by atoms with Crippen molar-refractivity contribution in [1.82, 2.24) is 0 Å². The summed E-state index contributed by atoms with van der Waals surface area (Å²) in [6.07, 6.45) is 4.74. The van der Waals surface area contributed by atoms with Crippen molar-refractivity contribution in [3.05, 3.63) is 47.5 Å². The first-order valence-electron chi connectivity index (χ1n) is 9.55. The number of allylic oxidation sites excluding steroid dienone is 1. The highest BCUT2D eigenvalue weighted by molar-refractivity contribution is 8.23. The second kappa shape index (κ2) is 10.6. The number of benzene rings is 1. The van der Waals surface area contributed by atoms with Crippen molar-refractivity contribution in [1.29, 1.82) is 5.26 Å². The summed E-state index contributed by atoms with van der Waals surface area (Å²) in [4.78, 5) is 12.2. The molecule has 0 bridgehead atoms. The fourth-order valence-corrected chi connectivity index (χ4v) is 5.02. The van der Waals surface area contributed by atoms with Crippen molar-refractivity contribution in [2.75, 3.05) is 6.61 Å². The molecule has 1 aliphatic rings. The summed E-state index contributed by atoms with van der Waals surface area (Å²) in [5, 5.41) is 9.40. The minimum Gasteiger partial charge on any atom is -0.479 e. The second-order valence-corrected chi connectivity index (χ2v) is 9.57. The lowest BCUT2D eigenvalue weighted by Crippen LogP contribution is -2.31. The molecule has 0 saturated carbocycles. The molecule has 0 aliphatic heterocycles. The van der Waals surface area contributed by atoms with Gasteiger partial charge in [-0.1, -0.05) is 41.6 Å². The number of ether oxygens (including phenoxy) is 2. The highest BCUT2D eigenvalue weighted by Crippen LogP contribution is 2.42. The van der Waals surface area contributed by atoms with E-state index in [0.717, 1.165) is 19.3 Å². The SMILES string of the molecule is CCOC(=S)SC(C)(C)C1CC=C(CC(C#N)OC(=O)c2ccccc2)CC1. The maximum absolute atomic E-state index is 12.2. The lowest BCUT2D eigenvalue weighted by atomic mass is 9.80. The minimum atomic E-state index is -0.761. The number of nitrogens with zero attached hydrogens (tertiary/aromatic N) is 1. The number of rotatable bonds is 7. The number of hydrogen-bond acceptors (Lipinski definition) is 6. The third-order valence-corrected chi connectivity index (χ3v) is 6.46. The Morgan fingerprint density at radius 3 is 2.68 bits per heavy atom. The average molecular weight is 418 g/mol. The van der Waals surface area contributed by atoms with Gasteiger partial charge in [-0.3, -0.25) is 0 Å². The molecule has 0 radical (unpaired) electrons. The zero-order valence-corrected chi connectivity index (χ0v) is 18.3. The standard InChI is InChI=1S/C22H27NO3S2/c1-4-25-21(27)28-22(2,3)18-12-10-16(11-13-18)14-19(15-23)26-20(24)17-8-6-5-7-9-17/h5-10,18-19H,4,11-14H2,1-3H3. The molecule has 6 heteroatoms. The first-order chi connectivity index (χ1) is 13.4. The van der Waals surface area contributed by atoms with Crippen LogP contribution < -0.4 is 0 Å². The number of nitriles is 1. The minimum absolute atomic E-state index is 0.0112. The van der Waals surface area contributed by atoms with Crippen LogP contribution in [0.2, 0.25) is 0 Å². The van der Waals surface area contributed by atoms with Crippen molar-refractivity contribution < 1.29 is 14.3 Å². The molecule has 0 aromatic heterocycles. The van der Waals surface area contributed by atoms with E-state index in [-0.39, 0.29) is 4.75 Å². The summed E-state index contributed by atoms with van der Waals surface area (Å²) in [6, 6.07) is 10.9. The van der Waals surface area contributed by atoms with Gasteiger partial charge in [-0.05, 0) is 70.3 Å². The first kappa shape index (κ1) is 22.4. The molecule has 0 amide bonds. The van der Waals surface area contributed by atoms with E-state index >= 15 is 0 Å². The van der Waals surface area contributed by atoms with Gasteiger partial charge in [-0.15, -0.1) is 0 Å². The summed E-state index contributed by atoms with van der Waals surface area (Å²) in [6.45, 7) is 6.93. The van der Waals surface area contributed by atoms with E-state index in [4.69, 9.17) is 21.7 Å². The summed E-state index contributed by atoms with van der Waals surface area (Å²) in [7, 11) is 0. The van der Waals surface area contributed by atoms with E-state index in [9.17, 15) is 10.1 Å². The molecule has 1 aromatic rings. The van der Waals surface area contributed by atoms with E-state index in [1.165, 1.54) is 5.57 Å². The van der Waals surface area contributed by atoms with Crippen molar-refractivity contribution in [2.24, 2.45) is 5.92 Å². The molecule has 2 rings (SSSR count). The zero-order chi connectivity index (χ0) is 20.6. The number of carbonyl (C=O) groups excluding carboxylic acids is 1. The Hall–Kier alpha value is -1.84. The van der Waals surface area contributed by atoms with Crippen LogP contribution in [0.25, 0.3) is 0 Å². The van der Waals surface area contributed by atoms with Gasteiger partial charge in [0.2, 0.25) is 4.38 Å². The molecule has 0 heterocycles. The van der Waals surface area contributed by atoms with E-state index in [1.54, 1.807) is 36.0 Å². The van der Waals surface area contributed by atoms with Crippen molar-refractivity contribution in [2.45, 2.75) is 57.3 Å². The smallest absolute Gasteiger partial charge is 0.339 e. The van der Waals surface area contributed by atoms with Gasteiger partial charge >= 0.3 is 5.97 Å². The zero-order valence-electron chi connectivity index (χ0n) is 16.6. The largest absolute Gasteiger partial charge is 0.479 e. The Balaban J connectivity index is 1.90. The molecule has 28 heavy (non-hydrogen) atoms. The number of esters is 1. The first-order valence-corrected chi connectivity index (χ1v) is 10.8. The van der Waals surface area contributed by atoms with Crippen LogP contribution in [0.3, 0.4) is 0 Å². The molecule has 0 saturated heterocycles. The van der Waals surface area contributed by atoms with Crippen LogP contribution in [0.15, 0.2) is 42.0 Å². The lowest BCUT2D eigenvalue weighted by Gasteiger charge is -2.35. The number of thiocarbonyl (C=S) groups is 1. The van der Waals surface area contributed by atoms with Crippen LogP contribution in [0, 0.1) is 17.2 Å². The normalized spacial score (nSPS) is 17.8.